The summed E-state index contributed by atoms with van der Waals surface area (Å²) in [6.07, 6.45) is -0.304. The number of ether oxygens (including phenoxy) is 1. The Morgan fingerprint density at radius 2 is 1.79 bits per heavy atom. The van der Waals surface area contributed by atoms with E-state index in [9.17, 15) is 14.4 Å². The van der Waals surface area contributed by atoms with E-state index in [2.05, 4.69) is 10.6 Å². The van der Waals surface area contributed by atoms with Gasteiger partial charge in [0, 0.05) is 5.69 Å². The smallest absolute Gasteiger partial charge is 0.410 e. The molecule has 1 heterocycles. The molecule has 28 heavy (non-hydrogen) atoms. The fourth-order valence-electron chi connectivity index (χ4n) is 3.33. The van der Waals surface area contributed by atoms with Crippen LogP contribution in [0.2, 0.25) is 0 Å². The molecule has 1 aliphatic rings. The van der Waals surface area contributed by atoms with Gasteiger partial charge < -0.3 is 20.3 Å². The zero-order valence-corrected chi connectivity index (χ0v) is 17.1. The first-order valence-corrected chi connectivity index (χ1v) is 9.73. The molecule has 0 aromatic heterocycles. The van der Waals surface area contributed by atoms with E-state index in [1.165, 1.54) is 0 Å². The first kappa shape index (κ1) is 21.7. The van der Waals surface area contributed by atoms with Gasteiger partial charge in [-0.2, -0.15) is 0 Å². The highest BCUT2D eigenvalue weighted by atomic mass is 16.6. The van der Waals surface area contributed by atoms with Crippen molar-refractivity contribution in [2.45, 2.75) is 33.7 Å². The second-order valence-electron chi connectivity index (χ2n) is 7.10. The van der Waals surface area contributed by atoms with Crippen molar-refractivity contribution in [3.05, 3.63) is 29.3 Å². The molecule has 1 atom stereocenters. The third-order valence-electron chi connectivity index (χ3n) is 5.11. The molecule has 0 bridgehead atoms. The number of quaternary nitrogens is 1. The predicted molar refractivity (Wildman–Crippen MR) is 106 cm³/mol. The van der Waals surface area contributed by atoms with Crippen molar-refractivity contribution in [2.24, 2.45) is 0 Å². The molecule has 0 radical (unpaired) electrons. The minimum atomic E-state index is -0.304. The summed E-state index contributed by atoms with van der Waals surface area (Å²) in [5, 5.41) is 5.58. The number of carbonyl (C=O) groups excluding carboxylic acids is 3. The van der Waals surface area contributed by atoms with Crippen molar-refractivity contribution in [2.75, 3.05) is 44.6 Å². The normalized spacial score (nSPS) is 15.6. The van der Waals surface area contributed by atoms with E-state index in [-0.39, 0.29) is 30.5 Å². The Hall–Kier alpha value is -2.61. The zero-order chi connectivity index (χ0) is 20.7. The Morgan fingerprint density at radius 1 is 1.18 bits per heavy atom. The lowest BCUT2D eigenvalue weighted by Crippen LogP contribution is -3.19. The lowest BCUT2D eigenvalue weighted by Gasteiger charge is -2.34. The molecule has 3 N–H and O–H groups in total. The number of carbonyl (C=O) groups is 3. The minimum Gasteiger partial charge on any atom is -0.450 e. The molecule has 0 aliphatic carbocycles. The zero-order valence-electron chi connectivity index (χ0n) is 17.1. The SMILES string of the molecule is CCOC(=O)N1CC[NH+]([C@@H](C)C(=O)NCC(=O)Nc2c(C)cccc2C)CC1. The topological polar surface area (TPSA) is 92.2 Å². The molecule has 1 fully saturated rings. The van der Waals surface area contributed by atoms with Crippen LogP contribution in [-0.4, -0.2) is 68.2 Å². The summed E-state index contributed by atoms with van der Waals surface area (Å²) in [4.78, 5) is 39.2. The maximum Gasteiger partial charge on any atom is 0.410 e. The van der Waals surface area contributed by atoms with Gasteiger partial charge in [-0.25, -0.2) is 4.79 Å². The number of aryl methyl sites for hydroxylation is 2. The summed E-state index contributed by atoms with van der Waals surface area (Å²) in [6.45, 7) is 10.2. The summed E-state index contributed by atoms with van der Waals surface area (Å²) in [7, 11) is 0. The summed E-state index contributed by atoms with van der Waals surface area (Å²) in [6, 6.07) is 5.51. The number of amides is 3. The summed E-state index contributed by atoms with van der Waals surface area (Å²) in [5.74, 6) is -0.420. The van der Waals surface area contributed by atoms with E-state index in [1.807, 2.05) is 39.0 Å². The van der Waals surface area contributed by atoms with Crippen LogP contribution < -0.4 is 15.5 Å². The van der Waals surface area contributed by atoms with E-state index in [1.54, 1.807) is 11.8 Å². The van der Waals surface area contributed by atoms with Crippen molar-refractivity contribution < 1.29 is 24.0 Å². The first-order chi connectivity index (χ1) is 13.3. The number of hydrogen-bond acceptors (Lipinski definition) is 4. The highest BCUT2D eigenvalue weighted by molar-refractivity contribution is 5.96. The second kappa shape index (κ2) is 10.1. The number of para-hydroxylation sites is 1. The van der Waals surface area contributed by atoms with Gasteiger partial charge in [0.05, 0.1) is 39.3 Å². The number of nitrogens with one attached hydrogen (secondary N) is 3. The highest BCUT2D eigenvalue weighted by Crippen LogP contribution is 2.18. The van der Waals surface area contributed by atoms with Crippen LogP contribution in [0.25, 0.3) is 0 Å². The fourth-order valence-corrected chi connectivity index (χ4v) is 3.33. The van der Waals surface area contributed by atoms with Crippen LogP contribution in [0.15, 0.2) is 18.2 Å². The number of nitrogens with zero attached hydrogens (tertiary/aromatic N) is 1. The molecule has 154 valence electrons. The largest absolute Gasteiger partial charge is 0.450 e. The minimum absolute atomic E-state index is 0.0703. The molecule has 1 saturated heterocycles. The van der Waals surface area contributed by atoms with Crippen LogP contribution in [0.4, 0.5) is 10.5 Å². The van der Waals surface area contributed by atoms with E-state index in [0.29, 0.717) is 32.8 Å². The van der Waals surface area contributed by atoms with E-state index in [4.69, 9.17) is 4.74 Å². The number of hydrogen-bond donors (Lipinski definition) is 3. The number of benzene rings is 1. The van der Waals surface area contributed by atoms with Gasteiger partial charge in [-0.3, -0.25) is 14.5 Å². The van der Waals surface area contributed by atoms with Crippen molar-refractivity contribution >= 4 is 23.6 Å². The predicted octanol–water partition coefficient (Wildman–Crippen LogP) is 0.104. The van der Waals surface area contributed by atoms with Gasteiger partial charge in [-0.15, -0.1) is 0 Å². The van der Waals surface area contributed by atoms with E-state index >= 15 is 0 Å². The number of anilines is 1. The first-order valence-electron chi connectivity index (χ1n) is 9.73. The molecule has 0 saturated carbocycles. The Kier molecular flexibility index (Phi) is 7.80. The van der Waals surface area contributed by atoms with E-state index < -0.39 is 0 Å². The van der Waals surface area contributed by atoms with Crippen LogP contribution in [-0.2, 0) is 14.3 Å². The van der Waals surface area contributed by atoms with Crippen molar-refractivity contribution in [3.63, 3.8) is 0 Å². The molecule has 0 unspecified atom stereocenters. The van der Waals surface area contributed by atoms with Crippen LogP contribution in [0.1, 0.15) is 25.0 Å². The van der Waals surface area contributed by atoms with Crippen molar-refractivity contribution in [1.29, 1.82) is 0 Å². The molecule has 1 aromatic carbocycles. The maximum atomic E-state index is 12.4. The van der Waals surface area contributed by atoms with Gasteiger partial charge in [0.1, 0.15) is 0 Å². The fraction of sp³-hybridized carbons (Fsp3) is 0.550. The van der Waals surface area contributed by atoms with Crippen molar-refractivity contribution in [3.8, 4) is 0 Å². The molecule has 1 aromatic rings. The van der Waals surface area contributed by atoms with Crippen LogP contribution in [0, 0.1) is 13.8 Å². The third-order valence-corrected chi connectivity index (χ3v) is 5.11. The Balaban J connectivity index is 1.78. The summed E-state index contributed by atoms with van der Waals surface area (Å²) >= 11 is 0. The van der Waals surface area contributed by atoms with Gasteiger partial charge in [0.25, 0.3) is 5.91 Å². The van der Waals surface area contributed by atoms with Crippen LogP contribution in [0.5, 0.6) is 0 Å². The lowest BCUT2D eigenvalue weighted by atomic mass is 10.1. The number of piperazine rings is 1. The maximum absolute atomic E-state index is 12.4. The van der Waals surface area contributed by atoms with Gasteiger partial charge in [0.15, 0.2) is 6.04 Å². The van der Waals surface area contributed by atoms with Gasteiger partial charge in [-0.1, -0.05) is 18.2 Å². The summed E-state index contributed by atoms with van der Waals surface area (Å²) in [5.41, 5.74) is 2.75. The standard InChI is InChI=1S/C20H30N4O4/c1-5-28-20(27)24-11-9-23(10-12-24)16(4)19(26)21-13-17(25)22-18-14(2)7-6-8-15(18)3/h6-8,16H,5,9-13H2,1-4H3,(H,21,26)(H,22,25)/p+1/t16-/m0/s1. The Morgan fingerprint density at radius 3 is 2.36 bits per heavy atom. The van der Waals surface area contributed by atoms with Crippen molar-refractivity contribution in [1.82, 2.24) is 10.2 Å². The molecule has 3 amide bonds. The molecule has 1 aliphatic heterocycles. The molecular weight excluding hydrogens is 360 g/mol. The Bertz CT molecular complexity index is 694. The van der Waals surface area contributed by atoms with Gasteiger partial charge in [-0.05, 0) is 38.8 Å². The van der Waals surface area contributed by atoms with Crippen LogP contribution in [0.3, 0.4) is 0 Å². The quantitative estimate of drug-likeness (QED) is 0.642. The van der Waals surface area contributed by atoms with Gasteiger partial charge >= 0.3 is 6.09 Å². The molecule has 8 nitrogen and oxygen atoms in total. The van der Waals surface area contributed by atoms with E-state index in [0.717, 1.165) is 21.7 Å². The average molecular weight is 391 g/mol. The third kappa shape index (κ3) is 5.69. The molecule has 8 heteroatoms. The highest BCUT2D eigenvalue weighted by Gasteiger charge is 2.31. The van der Waals surface area contributed by atoms with Gasteiger partial charge in [0.2, 0.25) is 5.91 Å². The number of rotatable bonds is 6. The molecule has 2 rings (SSSR count). The monoisotopic (exact) mass is 391 g/mol. The lowest BCUT2D eigenvalue weighted by molar-refractivity contribution is -0.918. The summed E-state index contributed by atoms with van der Waals surface area (Å²) < 4.78 is 5.01. The average Bonchev–Trinajstić information content (AvgIpc) is 2.68. The van der Waals surface area contributed by atoms with Crippen LogP contribution >= 0.6 is 0 Å². The molecular formula is C20H31N4O4+. The Labute approximate surface area is 166 Å². The second-order valence-corrected chi connectivity index (χ2v) is 7.10. The molecule has 0 spiro atoms.